The summed E-state index contributed by atoms with van der Waals surface area (Å²) < 4.78 is 5.08. The normalized spacial score (nSPS) is 26.6. The molecule has 1 aliphatic heterocycles. The fraction of sp³-hybridized carbons (Fsp3) is 0.562. The summed E-state index contributed by atoms with van der Waals surface area (Å²) in [6.07, 6.45) is 1.14. The van der Waals surface area contributed by atoms with Gasteiger partial charge in [-0.25, -0.2) is 0 Å². The Morgan fingerprint density at radius 2 is 2.29 bits per heavy atom. The molecule has 0 spiro atoms. The number of hydrogen-bond donors (Lipinski definition) is 1. The van der Waals surface area contributed by atoms with E-state index < -0.39 is 0 Å². The van der Waals surface area contributed by atoms with Crippen LogP contribution >= 0.6 is 23.8 Å². The fourth-order valence-electron chi connectivity index (χ4n) is 3.80. The Bertz CT molecular complexity index is 551. The van der Waals surface area contributed by atoms with E-state index in [1.54, 1.807) is 7.11 Å². The highest BCUT2D eigenvalue weighted by Gasteiger charge is 2.45. The van der Waals surface area contributed by atoms with E-state index in [4.69, 9.17) is 28.6 Å². The molecule has 114 valence electrons. The Morgan fingerprint density at radius 3 is 3.05 bits per heavy atom. The van der Waals surface area contributed by atoms with Gasteiger partial charge in [0, 0.05) is 25.2 Å². The van der Waals surface area contributed by atoms with Gasteiger partial charge in [0.2, 0.25) is 0 Å². The Hall–Kier alpha value is -0.840. The molecule has 3 rings (SSSR count). The third kappa shape index (κ3) is 2.65. The molecule has 1 aliphatic carbocycles. The second-order valence-electron chi connectivity index (χ2n) is 5.89. The third-order valence-corrected chi connectivity index (χ3v) is 5.37. The first-order valence-electron chi connectivity index (χ1n) is 7.46. The third-order valence-electron chi connectivity index (χ3n) is 4.76. The quantitative estimate of drug-likeness (QED) is 0.681. The van der Waals surface area contributed by atoms with E-state index in [2.05, 4.69) is 29.3 Å². The van der Waals surface area contributed by atoms with Gasteiger partial charge in [0.25, 0.3) is 0 Å². The molecule has 1 saturated heterocycles. The largest absolute Gasteiger partial charge is 0.383 e. The molecule has 1 heterocycles. The van der Waals surface area contributed by atoms with E-state index in [0.717, 1.165) is 29.6 Å². The van der Waals surface area contributed by atoms with Gasteiger partial charge in [0.1, 0.15) is 0 Å². The van der Waals surface area contributed by atoms with Crippen LogP contribution in [0.5, 0.6) is 0 Å². The predicted molar refractivity (Wildman–Crippen MR) is 89.9 cm³/mol. The van der Waals surface area contributed by atoms with E-state index in [0.29, 0.717) is 24.5 Å². The molecule has 2 bridgehead atoms. The monoisotopic (exact) mass is 324 g/mol. The highest BCUT2D eigenvalue weighted by atomic mass is 35.5. The fourth-order valence-corrected chi connectivity index (χ4v) is 4.29. The molecular weight excluding hydrogens is 304 g/mol. The number of piperidine rings is 1. The molecule has 3 nitrogen and oxygen atoms in total. The van der Waals surface area contributed by atoms with E-state index in [9.17, 15) is 0 Å². The molecule has 1 N–H and O–H groups in total. The lowest BCUT2D eigenvalue weighted by Crippen LogP contribution is -2.47. The van der Waals surface area contributed by atoms with Crippen molar-refractivity contribution in [2.45, 2.75) is 25.3 Å². The van der Waals surface area contributed by atoms with E-state index in [1.807, 2.05) is 6.07 Å². The number of benzene rings is 1. The second kappa shape index (κ2) is 6.11. The first-order valence-corrected chi connectivity index (χ1v) is 8.25. The molecule has 5 heteroatoms. The van der Waals surface area contributed by atoms with Crippen LogP contribution in [-0.2, 0) is 4.74 Å². The molecule has 0 saturated carbocycles. The number of thiocarbonyl (C=S) groups is 1. The van der Waals surface area contributed by atoms with Crippen molar-refractivity contribution in [3.63, 3.8) is 0 Å². The highest BCUT2D eigenvalue weighted by molar-refractivity contribution is 7.80. The standard InChI is InChI=1S/C16H21ClN2OS/c1-10-12-5-7-19(16(21)18-6-8-20-2)15(10)13-4-3-11(17)9-14(12)13/h3-4,9-10,12,15H,5-8H2,1-2H3,(H,18,21)/t10-,12?,15?/m0/s1. The van der Waals surface area contributed by atoms with Crippen molar-refractivity contribution in [2.75, 3.05) is 26.8 Å². The van der Waals surface area contributed by atoms with Gasteiger partial charge < -0.3 is 15.0 Å². The van der Waals surface area contributed by atoms with Gasteiger partial charge in [-0.15, -0.1) is 0 Å². The van der Waals surface area contributed by atoms with Crippen molar-refractivity contribution in [1.29, 1.82) is 0 Å². The van der Waals surface area contributed by atoms with Gasteiger partial charge >= 0.3 is 0 Å². The van der Waals surface area contributed by atoms with Crippen LogP contribution in [0.4, 0.5) is 0 Å². The summed E-state index contributed by atoms with van der Waals surface area (Å²) in [7, 11) is 1.70. The van der Waals surface area contributed by atoms with Crippen molar-refractivity contribution in [2.24, 2.45) is 5.92 Å². The molecular formula is C16H21ClN2OS. The molecule has 2 aliphatic rings. The van der Waals surface area contributed by atoms with Crippen molar-refractivity contribution in [3.8, 4) is 0 Å². The topological polar surface area (TPSA) is 24.5 Å². The molecule has 0 aromatic heterocycles. The number of ether oxygens (including phenoxy) is 1. The Balaban J connectivity index is 1.83. The van der Waals surface area contributed by atoms with E-state index >= 15 is 0 Å². The summed E-state index contributed by atoms with van der Waals surface area (Å²) >= 11 is 11.8. The second-order valence-corrected chi connectivity index (χ2v) is 6.71. The average molecular weight is 325 g/mol. The van der Waals surface area contributed by atoms with Crippen LogP contribution in [0, 0.1) is 5.92 Å². The first-order chi connectivity index (χ1) is 10.1. The Labute approximate surface area is 136 Å². The summed E-state index contributed by atoms with van der Waals surface area (Å²) in [6.45, 7) is 4.75. The van der Waals surface area contributed by atoms with Gasteiger partial charge in [-0.05, 0) is 53.7 Å². The zero-order valence-electron chi connectivity index (χ0n) is 12.4. The molecule has 2 unspecified atom stereocenters. The number of fused-ring (bicyclic) bond motifs is 5. The summed E-state index contributed by atoms with van der Waals surface area (Å²) in [4.78, 5) is 2.34. The maximum absolute atomic E-state index is 6.18. The summed E-state index contributed by atoms with van der Waals surface area (Å²) in [5.41, 5.74) is 2.81. The summed E-state index contributed by atoms with van der Waals surface area (Å²) in [6, 6.07) is 6.68. The lowest BCUT2D eigenvalue weighted by molar-refractivity contribution is 0.173. The summed E-state index contributed by atoms with van der Waals surface area (Å²) in [5.74, 6) is 1.19. The van der Waals surface area contributed by atoms with E-state index in [1.165, 1.54) is 11.1 Å². The lowest BCUT2D eigenvalue weighted by Gasteiger charge is -2.40. The van der Waals surface area contributed by atoms with Gasteiger partial charge in [-0.2, -0.15) is 0 Å². The number of hydrogen-bond acceptors (Lipinski definition) is 2. The first kappa shape index (κ1) is 15.1. The van der Waals surface area contributed by atoms with Gasteiger partial charge in [0.15, 0.2) is 5.11 Å². The van der Waals surface area contributed by atoms with Gasteiger partial charge in [-0.1, -0.05) is 24.6 Å². The molecule has 0 radical (unpaired) electrons. The zero-order chi connectivity index (χ0) is 15.0. The molecule has 3 atom stereocenters. The molecule has 1 fully saturated rings. The van der Waals surface area contributed by atoms with Crippen LogP contribution in [0.3, 0.4) is 0 Å². The van der Waals surface area contributed by atoms with Gasteiger partial charge in [-0.3, -0.25) is 0 Å². The van der Waals surface area contributed by atoms with Crippen molar-refractivity contribution < 1.29 is 4.74 Å². The summed E-state index contributed by atoms with van der Waals surface area (Å²) in [5, 5.41) is 4.98. The maximum Gasteiger partial charge on any atom is 0.169 e. The average Bonchev–Trinajstić information content (AvgIpc) is 2.64. The van der Waals surface area contributed by atoms with Crippen molar-refractivity contribution >= 4 is 28.9 Å². The number of methoxy groups -OCH3 is 1. The number of rotatable bonds is 3. The number of halogens is 1. The molecule has 21 heavy (non-hydrogen) atoms. The van der Waals surface area contributed by atoms with Crippen LogP contribution in [0.25, 0.3) is 0 Å². The minimum Gasteiger partial charge on any atom is -0.383 e. The minimum absolute atomic E-state index is 0.374. The van der Waals surface area contributed by atoms with Gasteiger partial charge in [0.05, 0.1) is 12.6 Å². The molecule has 0 amide bonds. The van der Waals surface area contributed by atoms with Crippen LogP contribution in [-0.4, -0.2) is 36.8 Å². The minimum atomic E-state index is 0.374. The predicted octanol–water partition coefficient (Wildman–Crippen LogP) is 3.34. The highest BCUT2D eigenvalue weighted by Crippen LogP contribution is 2.53. The molecule has 1 aromatic rings. The van der Waals surface area contributed by atoms with Crippen LogP contribution in [0.15, 0.2) is 18.2 Å². The van der Waals surface area contributed by atoms with Crippen molar-refractivity contribution in [1.82, 2.24) is 10.2 Å². The molecule has 1 aromatic carbocycles. The zero-order valence-corrected chi connectivity index (χ0v) is 14.0. The smallest absolute Gasteiger partial charge is 0.169 e. The SMILES string of the molecule is COCCNC(=S)N1CCC2c3cc(Cl)ccc3C1[C@H]2C. The Kier molecular flexibility index (Phi) is 4.38. The van der Waals surface area contributed by atoms with Crippen molar-refractivity contribution in [3.05, 3.63) is 34.3 Å². The lowest BCUT2D eigenvalue weighted by atomic mass is 9.86. The van der Waals surface area contributed by atoms with Crippen LogP contribution in [0.1, 0.15) is 36.4 Å². The van der Waals surface area contributed by atoms with Crippen LogP contribution < -0.4 is 5.32 Å². The number of nitrogens with zero attached hydrogens (tertiary/aromatic N) is 1. The van der Waals surface area contributed by atoms with Crippen LogP contribution in [0.2, 0.25) is 5.02 Å². The maximum atomic E-state index is 6.18. The Morgan fingerprint density at radius 1 is 1.48 bits per heavy atom. The number of likely N-dealkylation sites (tertiary alicyclic amines) is 1. The number of nitrogens with one attached hydrogen (secondary N) is 1. The van der Waals surface area contributed by atoms with E-state index in [-0.39, 0.29) is 0 Å².